The summed E-state index contributed by atoms with van der Waals surface area (Å²) in [6.45, 7) is 5.50. The zero-order valence-corrected chi connectivity index (χ0v) is 20.1. The Hall–Kier alpha value is -1.82. The van der Waals surface area contributed by atoms with Crippen molar-refractivity contribution >= 4 is 24.7 Å². The van der Waals surface area contributed by atoms with E-state index < -0.39 is 48.7 Å². The number of nitrogen functional groups attached to an aromatic ring is 1. The minimum absolute atomic E-state index is 0.000251. The Bertz CT molecular complexity index is 1160. The number of aromatic nitrogens is 4. The molecule has 184 valence electrons. The van der Waals surface area contributed by atoms with Crippen LogP contribution in [0, 0.1) is 0 Å². The van der Waals surface area contributed by atoms with E-state index in [0.717, 1.165) is 0 Å². The van der Waals surface area contributed by atoms with Crippen LogP contribution in [-0.4, -0.2) is 69.9 Å². The van der Waals surface area contributed by atoms with Crippen molar-refractivity contribution in [2.24, 2.45) is 7.05 Å². The molecule has 2 aromatic rings. The van der Waals surface area contributed by atoms with Gasteiger partial charge in [-0.05, 0) is 19.3 Å². The quantitative estimate of drug-likeness (QED) is 0.370. The Morgan fingerprint density at radius 1 is 1.36 bits per heavy atom. The van der Waals surface area contributed by atoms with Gasteiger partial charge >= 0.3 is 7.60 Å². The third-order valence-electron chi connectivity index (χ3n) is 7.10. The molecule has 4 rings (SSSR count). The second-order valence-electron chi connectivity index (χ2n) is 9.08. The lowest BCUT2D eigenvalue weighted by Gasteiger charge is -2.37. The molecule has 12 nitrogen and oxygen atoms in total. The van der Waals surface area contributed by atoms with E-state index in [1.165, 1.54) is 22.5 Å². The van der Waals surface area contributed by atoms with Crippen LogP contribution < -0.4 is 11.3 Å². The molecule has 1 saturated heterocycles. The summed E-state index contributed by atoms with van der Waals surface area (Å²) >= 11 is 0. The molecule has 0 spiro atoms. The van der Waals surface area contributed by atoms with Crippen molar-refractivity contribution in [2.75, 3.05) is 11.9 Å². The number of aliphatic hydroxyl groups excluding tert-OH is 1. The monoisotopic (exact) mass is 485 g/mol. The van der Waals surface area contributed by atoms with Gasteiger partial charge in [0.2, 0.25) is 5.95 Å². The van der Waals surface area contributed by atoms with Gasteiger partial charge in [0.15, 0.2) is 11.2 Å². The normalized spacial score (nSPS) is 31.0. The van der Waals surface area contributed by atoms with Gasteiger partial charge in [-0.15, -0.1) is 0 Å². The molecule has 1 aliphatic carbocycles. The molecular formula is C20H32N5O7P. The summed E-state index contributed by atoms with van der Waals surface area (Å²) in [5.74, 6) is -0.000251. The fourth-order valence-electron chi connectivity index (χ4n) is 4.93. The van der Waals surface area contributed by atoms with E-state index in [1.54, 1.807) is 6.92 Å². The van der Waals surface area contributed by atoms with E-state index in [9.17, 15) is 24.5 Å². The minimum atomic E-state index is -3.80. The maximum atomic E-state index is 12.5. The molecule has 5 N–H and O–H groups in total. The van der Waals surface area contributed by atoms with Gasteiger partial charge in [-0.25, -0.2) is 4.98 Å². The number of fused-ring (bicyclic) bond motifs is 2. The Kier molecular flexibility index (Phi) is 6.00. The third kappa shape index (κ3) is 3.73. The van der Waals surface area contributed by atoms with Crippen LogP contribution in [0.1, 0.15) is 52.5 Å². The molecule has 2 fully saturated rings. The van der Waals surface area contributed by atoms with Crippen LogP contribution in [0.4, 0.5) is 5.95 Å². The highest BCUT2D eigenvalue weighted by molar-refractivity contribution is 7.52. The van der Waals surface area contributed by atoms with Gasteiger partial charge in [-0.2, -0.15) is 4.98 Å². The van der Waals surface area contributed by atoms with Gasteiger partial charge in [0.1, 0.15) is 17.8 Å². The molecule has 5 unspecified atom stereocenters. The third-order valence-corrected chi connectivity index (χ3v) is 8.78. The molecule has 3 heterocycles. The summed E-state index contributed by atoms with van der Waals surface area (Å²) in [6.07, 6.45) is 0.123. The lowest BCUT2D eigenvalue weighted by molar-refractivity contribution is -0.0796. The fourth-order valence-corrected chi connectivity index (χ4v) is 6.52. The fraction of sp³-hybridized carbons (Fsp3) is 0.750. The van der Waals surface area contributed by atoms with Crippen molar-refractivity contribution in [2.45, 2.75) is 82.0 Å². The van der Waals surface area contributed by atoms with Crippen LogP contribution in [0.5, 0.6) is 0 Å². The number of hydrogen-bond acceptors (Lipinski definition) is 9. The summed E-state index contributed by atoms with van der Waals surface area (Å²) in [6, 6.07) is -0.699. The van der Waals surface area contributed by atoms with E-state index in [-0.39, 0.29) is 29.7 Å². The number of anilines is 1. The van der Waals surface area contributed by atoms with E-state index in [1.807, 2.05) is 13.8 Å². The number of ether oxygens (including phenoxy) is 1. The molecule has 1 saturated carbocycles. The Morgan fingerprint density at radius 2 is 2.03 bits per heavy atom. The van der Waals surface area contributed by atoms with E-state index >= 15 is 0 Å². The summed E-state index contributed by atoms with van der Waals surface area (Å²) in [4.78, 5) is 30.9. The van der Waals surface area contributed by atoms with E-state index in [4.69, 9.17) is 15.0 Å². The lowest BCUT2D eigenvalue weighted by Crippen LogP contribution is -2.43. The molecule has 0 radical (unpaired) electrons. The molecular weight excluding hydrogens is 453 g/mol. The number of aliphatic hydroxyl groups is 2. The first kappa shape index (κ1) is 24.3. The zero-order chi connectivity index (χ0) is 24.3. The topological polar surface area (TPSA) is 175 Å². The van der Waals surface area contributed by atoms with Crippen LogP contribution in [0.25, 0.3) is 11.2 Å². The van der Waals surface area contributed by atoms with Gasteiger partial charge in [0.25, 0.3) is 5.56 Å². The van der Waals surface area contributed by atoms with Gasteiger partial charge in [0.05, 0.1) is 24.1 Å². The van der Waals surface area contributed by atoms with Crippen molar-refractivity contribution in [3.8, 4) is 0 Å². The number of hydrogen-bond donors (Lipinski definition) is 4. The summed E-state index contributed by atoms with van der Waals surface area (Å²) < 4.78 is 26.9. The van der Waals surface area contributed by atoms with E-state index in [2.05, 4.69) is 9.97 Å². The molecule has 2 aliphatic rings. The number of nitrogens with zero attached hydrogens (tertiary/aromatic N) is 4. The van der Waals surface area contributed by atoms with Crippen LogP contribution in [0.15, 0.2) is 11.1 Å². The predicted octanol–water partition coefficient (Wildman–Crippen LogP) is 0.687. The van der Waals surface area contributed by atoms with Gasteiger partial charge < -0.3 is 34.7 Å². The second-order valence-corrected chi connectivity index (χ2v) is 11.0. The Labute approximate surface area is 190 Å². The smallest absolute Gasteiger partial charge is 0.328 e. The highest BCUT2D eigenvalue weighted by atomic mass is 31.2. The van der Waals surface area contributed by atoms with Crippen molar-refractivity contribution in [1.82, 2.24) is 19.1 Å². The first-order valence-electron chi connectivity index (χ1n) is 11.2. The molecule has 2 aromatic heterocycles. The van der Waals surface area contributed by atoms with Crippen LogP contribution in [-0.2, 0) is 20.9 Å². The van der Waals surface area contributed by atoms with E-state index in [0.29, 0.717) is 19.3 Å². The van der Waals surface area contributed by atoms with Crippen LogP contribution >= 0.6 is 7.60 Å². The van der Waals surface area contributed by atoms with Crippen LogP contribution in [0.2, 0.25) is 0 Å². The first-order valence-corrected chi connectivity index (χ1v) is 13.0. The van der Waals surface area contributed by atoms with Crippen molar-refractivity contribution in [1.29, 1.82) is 0 Å². The number of imidazole rings is 1. The zero-order valence-electron chi connectivity index (χ0n) is 19.2. The standard InChI is InChI=1S/C20H32N5O7P/c1-5-8-33(29,30)32-19(6-2,7-3)9-11-14(26)20(28)13(15(20)31-11)25-10-22-12-16(25)23-18(21)24(4)17(12)27/h10-11,13-15,26,28H,5-9H2,1-4H3,(H2,21,23)(H,29,30)/t11?,13?,14?,15?,20-/m1/s1. The second kappa shape index (κ2) is 8.14. The molecule has 0 amide bonds. The molecule has 0 aromatic carbocycles. The Morgan fingerprint density at radius 3 is 2.58 bits per heavy atom. The molecule has 1 aliphatic heterocycles. The molecule has 6 atom stereocenters. The van der Waals surface area contributed by atoms with Gasteiger partial charge in [0, 0.05) is 19.6 Å². The number of nitrogens with two attached hydrogens (primary N) is 1. The van der Waals surface area contributed by atoms with Crippen molar-refractivity contribution in [3.63, 3.8) is 0 Å². The summed E-state index contributed by atoms with van der Waals surface area (Å²) in [7, 11) is -2.31. The van der Waals surface area contributed by atoms with Crippen molar-refractivity contribution < 1.29 is 28.9 Å². The van der Waals surface area contributed by atoms with Gasteiger partial charge in [-0.3, -0.25) is 13.9 Å². The first-order chi connectivity index (χ1) is 15.4. The molecule has 33 heavy (non-hydrogen) atoms. The average Bonchev–Trinajstić information content (AvgIpc) is 3.02. The lowest BCUT2D eigenvalue weighted by atomic mass is 9.88. The largest absolute Gasteiger partial charge is 0.387 e. The maximum Gasteiger partial charge on any atom is 0.328 e. The summed E-state index contributed by atoms with van der Waals surface area (Å²) in [5.41, 5.74) is 3.12. The van der Waals surface area contributed by atoms with Crippen molar-refractivity contribution in [3.05, 3.63) is 16.7 Å². The molecule has 13 heteroatoms. The number of rotatable bonds is 9. The predicted molar refractivity (Wildman–Crippen MR) is 120 cm³/mol. The Balaban J connectivity index is 1.57. The molecule has 0 bridgehead atoms. The maximum absolute atomic E-state index is 12.5. The SMILES string of the molecule is CCCP(=O)(O)OC(CC)(CC)CC1OC2C(n3cnc4c(=O)n(C)c(N)nc43)[C@@]2(O)C1O. The average molecular weight is 485 g/mol. The van der Waals surface area contributed by atoms with Gasteiger partial charge in [-0.1, -0.05) is 20.8 Å². The van der Waals surface area contributed by atoms with Crippen LogP contribution in [0.3, 0.4) is 0 Å². The minimum Gasteiger partial charge on any atom is -0.387 e. The highest BCUT2D eigenvalue weighted by Gasteiger charge is 2.77. The summed E-state index contributed by atoms with van der Waals surface area (Å²) in [5, 5.41) is 22.2. The highest BCUT2D eigenvalue weighted by Crippen LogP contribution is 2.61.